The van der Waals surface area contributed by atoms with Crippen LogP contribution in [0.5, 0.6) is 5.75 Å². The molecule has 0 aliphatic rings. The van der Waals surface area contributed by atoms with Gasteiger partial charge in [-0.3, -0.25) is 0 Å². The minimum absolute atomic E-state index is 0.363. The molecule has 0 amide bonds. The lowest BCUT2D eigenvalue weighted by Gasteiger charge is -2.07. The molecule has 0 aliphatic heterocycles. The van der Waals surface area contributed by atoms with Gasteiger partial charge >= 0.3 is 5.97 Å². The van der Waals surface area contributed by atoms with E-state index in [1.165, 1.54) is 0 Å². The molecule has 4 heteroatoms. The maximum absolute atomic E-state index is 11.6. The van der Waals surface area contributed by atoms with Crippen molar-refractivity contribution in [2.75, 3.05) is 0 Å². The first-order valence-corrected chi connectivity index (χ1v) is 6.89. The zero-order valence-corrected chi connectivity index (χ0v) is 12.4. The Labute approximate surface area is 128 Å². The van der Waals surface area contributed by atoms with E-state index in [0.29, 0.717) is 17.2 Å². The van der Waals surface area contributed by atoms with E-state index in [4.69, 9.17) is 9.15 Å². The third kappa shape index (κ3) is 2.63. The summed E-state index contributed by atoms with van der Waals surface area (Å²) < 4.78 is 11.0. The minimum Gasteiger partial charge on any atom is -0.436 e. The van der Waals surface area contributed by atoms with Gasteiger partial charge in [-0.15, -0.1) is 0 Å². The zero-order chi connectivity index (χ0) is 15.7. The first kappa shape index (κ1) is 14.1. The van der Waals surface area contributed by atoms with Crippen LogP contribution >= 0.6 is 0 Å². The number of benzene rings is 2. The Morgan fingerprint density at radius 2 is 2.00 bits per heavy atom. The number of nitrogens with zero attached hydrogens (tertiary/aromatic N) is 1. The summed E-state index contributed by atoms with van der Waals surface area (Å²) in [5, 5.41) is 0. The number of carbonyl (C=O) groups is 1. The highest BCUT2D eigenvalue weighted by atomic mass is 16.5. The van der Waals surface area contributed by atoms with E-state index >= 15 is 0 Å². The van der Waals surface area contributed by atoms with Gasteiger partial charge in [-0.25, -0.2) is 9.78 Å². The van der Waals surface area contributed by atoms with Crippen molar-refractivity contribution in [1.29, 1.82) is 0 Å². The lowest BCUT2D eigenvalue weighted by Crippen LogP contribution is -2.09. The first-order chi connectivity index (χ1) is 10.5. The number of ether oxygens (including phenoxy) is 1. The van der Waals surface area contributed by atoms with E-state index < -0.39 is 5.97 Å². The molecule has 22 heavy (non-hydrogen) atoms. The molecule has 1 aromatic heterocycles. The molecule has 0 N–H and O–H groups in total. The SMILES string of the molecule is C=C(C)C(=O)Oc1ccc(-c2nc3ccccc3o2)cc1C. The van der Waals surface area contributed by atoms with Gasteiger partial charge in [0.05, 0.1) is 0 Å². The second-order valence-corrected chi connectivity index (χ2v) is 5.14. The molecule has 0 unspecified atom stereocenters. The van der Waals surface area contributed by atoms with Gasteiger partial charge in [0.2, 0.25) is 5.89 Å². The quantitative estimate of drug-likeness (QED) is 0.411. The van der Waals surface area contributed by atoms with Gasteiger partial charge in [-0.1, -0.05) is 18.7 Å². The van der Waals surface area contributed by atoms with Gasteiger partial charge in [0.1, 0.15) is 11.3 Å². The fourth-order valence-electron chi connectivity index (χ4n) is 2.08. The molecule has 2 aromatic carbocycles. The number of para-hydroxylation sites is 2. The van der Waals surface area contributed by atoms with Crippen LogP contribution in [0.3, 0.4) is 0 Å². The van der Waals surface area contributed by atoms with Crippen molar-refractivity contribution in [3.05, 3.63) is 60.2 Å². The van der Waals surface area contributed by atoms with Crippen LogP contribution in [0.4, 0.5) is 0 Å². The van der Waals surface area contributed by atoms with E-state index in [0.717, 1.165) is 22.2 Å². The molecule has 1 heterocycles. The standard InChI is InChI=1S/C18H15NO3/c1-11(2)18(20)22-15-9-8-13(10-12(15)3)17-19-14-6-4-5-7-16(14)21-17/h4-10H,1H2,2-3H3. The summed E-state index contributed by atoms with van der Waals surface area (Å²) in [6.07, 6.45) is 0. The van der Waals surface area contributed by atoms with Crippen molar-refractivity contribution in [2.24, 2.45) is 0 Å². The van der Waals surface area contributed by atoms with Gasteiger partial charge in [0, 0.05) is 11.1 Å². The summed E-state index contributed by atoms with van der Waals surface area (Å²) >= 11 is 0. The van der Waals surface area contributed by atoms with Crippen molar-refractivity contribution in [3.8, 4) is 17.2 Å². The molecular weight excluding hydrogens is 278 g/mol. The summed E-state index contributed by atoms with van der Waals surface area (Å²) in [7, 11) is 0. The summed E-state index contributed by atoms with van der Waals surface area (Å²) in [5.41, 5.74) is 3.58. The van der Waals surface area contributed by atoms with Crippen LogP contribution in [0.2, 0.25) is 0 Å². The van der Waals surface area contributed by atoms with Crippen molar-refractivity contribution >= 4 is 17.1 Å². The molecule has 0 saturated carbocycles. The topological polar surface area (TPSA) is 52.3 Å². The molecule has 110 valence electrons. The van der Waals surface area contributed by atoms with Crippen LogP contribution in [0, 0.1) is 6.92 Å². The molecule has 0 radical (unpaired) electrons. The zero-order valence-electron chi connectivity index (χ0n) is 12.4. The Balaban J connectivity index is 1.94. The maximum Gasteiger partial charge on any atom is 0.338 e. The number of hydrogen-bond acceptors (Lipinski definition) is 4. The second kappa shape index (κ2) is 5.48. The Hall–Kier alpha value is -2.88. The Kier molecular flexibility index (Phi) is 3.51. The van der Waals surface area contributed by atoms with Gasteiger partial charge in [-0.05, 0) is 49.7 Å². The van der Waals surface area contributed by atoms with E-state index in [1.807, 2.05) is 43.3 Å². The highest BCUT2D eigenvalue weighted by Gasteiger charge is 2.12. The normalized spacial score (nSPS) is 10.6. The molecule has 4 nitrogen and oxygen atoms in total. The van der Waals surface area contributed by atoms with E-state index in [1.54, 1.807) is 13.0 Å². The summed E-state index contributed by atoms with van der Waals surface area (Å²) in [6, 6.07) is 13.0. The number of rotatable bonds is 3. The molecule has 0 saturated heterocycles. The summed E-state index contributed by atoms with van der Waals surface area (Å²) in [5.74, 6) is 0.618. The predicted molar refractivity (Wildman–Crippen MR) is 84.6 cm³/mol. The lowest BCUT2D eigenvalue weighted by atomic mass is 10.1. The van der Waals surface area contributed by atoms with Gasteiger partial charge in [-0.2, -0.15) is 0 Å². The number of carbonyl (C=O) groups excluding carboxylic acids is 1. The molecule has 0 atom stereocenters. The molecule has 0 aliphatic carbocycles. The molecule has 0 fully saturated rings. The maximum atomic E-state index is 11.6. The third-order valence-electron chi connectivity index (χ3n) is 3.27. The number of aryl methyl sites for hydroxylation is 1. The largest absolute Gasteiger partial charge is 0.436 e. The van der Waals surface area contributed by atoms with Gasteiger partial charge < -0.3 is 9.15 Å². The molecular formula is C18H15NO3. The minimum atomic E-state index is -0.433. The molecule has 3 rings (SSSR count). The van der Waals surface area contributed by atoms with Crippen molar-refractivity contribution < 1.29 is 13.9 Å². The van der Waals surface area contributed by atoms with Crippen LogP contribution in [0.1, 0.15) is 12.5 Å². The van der Waals surface area contributed by atoms with Gasteiger partial charge in [0.15, 0.2) is 5.58 Å². The van der Waals surface area contributed by atoms with Gasteiger partial charge in [0.25, 0.3) is 0 Å². The lowest BCUT2D eigenvalue weighted by molar-refractivity contribution is -0.130. The molecule has 0 bridgehead atoms. The highest BCUT2D eigenvalue weighted by Crippen LogP contribution is 2.28. The monoisotopic (exact) mass is 293 g/mol. The average Bonchev–Trinajstić information content (AvgIpc) is 2.93. The van der Waals surface area contributed by atoms with Crippen LogP contribution in [-0.4, -0.2) is 11.0 Å². The number of aromatic nitrogens is 1. The van der Waals surface area contributed by atoms with E-state index in [2.05, 4.69) is 11.6 Å². The van der Waals surface area contributed by atoms with Crippen LogP contribution in [0.25, 0.3) is 22.6 Å². The van der Waals surface area contributed by atoms with E-state index in [-0.39, 0.29) is 0 Å². The van der Waals surface area contributed by atoms with Crippen LogP contribution in [0.15, 0.2) is 59.0 Å². The Morgan fingerprint density at radius 3 is 2.68 bits per heavy atom. The number of hydrogen-bond donors (Lipinski definition) is 0. The first-order valence-electron chi connectivity index (χ1n) is 6.89. The second-order valence-electron chi connectivity index (χ2n) is 5.14. The summed E-state index contributed by atoms with van der Waals surface area (Å²) in [4.78, 5) is 16.0. The fraction of sp³-hybridized carbons (Fsp3) is 0.111. The molecule has 3 aromatic rings. The van der Waals surface area contributed by atoms with Crippen molar-refractivity contribution in [2.45, 2.75) is 13.8 Å². The van der Waals surface area contributed by atoms with Crippen LogP contribution in [-0.2, 0) is 4.79 Å². The average molecular weight is 293 g/mol. The van der Waals surface area contributed by atoms with Crippen LogP contribution < -0.4 is 4.74 Å². The van der Waals surface area contributed by atoms with Crippen molar-refractivity contribution in [3.63, 3.8) is 0 Å². The fourth-order valence-corrected chi connectivity index (χ4v) is 2.08. The number of fused-ring (bicyclic) bond motifs is 1. The highest BCUT2D eigenvalue weighted by molar-refractivity contribution is 5.89. The molecule has 0 spiro atoms. The Bertz CT molecular complexity index is 844. The predicted octanol–water partition coefficient (Wildman–Crippen LogP) is 4.28. The number of oxazole rings is 1. The number of esters is 1. The smallest absolute Gasteiger partial charge is 0.338 e. The summed E-state index contributed by atoms with van der Waals surface area (Å²) in [6.45, 7) is 7.05. The Morgan fingerprint density at radius 1 is 1.23 bits per heavy atom. The third-order valence-corrected chi connectivity index (χ3v) is 3.27. The van der Waals surface area contributed by atoms with Crippen molar-refractivity contribution in [1.82, 2.24) is 4.98 Å². The van der Waals surface area contributed by atoms with E-state index in [9.17, 15) is 4.79 Å².